The smallest absolute Gasteiger partial charge is 0.305 e. The Kier molecular flexibility index (Phi) is 6.92. The molecule has 0 saturated carbocycles. The molecule has 0 amide bonds. The molecule has 1 aliphatic heterocycles. The number of unbranched alkanes of at least 4 members (excludes halogenated alkanes) is 1. The van der Waals surface area contributed by atoms with E-state index in [2.05, 4.69) is 4.74 Å². The van der Waals surface area contributed by atoms with Crippen molar-refractivity contribution in [2.75, 3.05) is 19.4 Å². The SMILES string of the molecule is CCS(=O)(=O)N(CCCCC(=O)OC)C1CC(C)(C)Oc2cc(C)ccc21. The number of hydrogen-bond acceptors (Lipinski definition) is 5. The van der Waals surface area contributed by atoms with Gasteiger partial charge in [-0.3, -0.25) is 4.79 Å². The number of sulfonamides is 1. The van der Waals surface area contributed by atoms with Gasteiger partial charge in [-0.1, -0.05) is 12.1 Å². The van der Waals surface area contributed by atoms with Gasteiger partial charge in [0.25, 0.3) is 0 Å². The highest BCUT2D eigenvalue weighted by atomic mass is 32.2. The second kappa shape index (κ2) is 8.61. The van der Waals surface area contributed by atoms with Crippen LogP contribution in [0.2, 0.25) is 0 Å². The molecule has 0 saturated heterocycles. The predicted octanol–water partition coefficient (Wildman–Crippen LogP) is 3.59. The molecule has 1 heterocycles. The molecule has 0 aromatic heterocycles. The number of fused-ring (bicyclic) bond motifs is 1. The van der Waals surface area contributed by atoms with E-state index in [9.17, 15) is 13.2 Å². The number of esters is 1. The van der Waals surface area contributed by atoms with E-state index >= 15 is 0 Å². The van der Waals surface area contributed by atoms with Crippen LogP contribution in [-0.4, -0.2) is 43.7 Å². The molecular formula is C20H31NO5S. The quantitative estimate of drug-likeness (QED) is 0.495. The summed E-state index contributed by atoms with van der Waals surface area (Å²) in [5.74, 6) is 0.526. The summed E-state index contributed by atoms with van der Waals surface area (Å²) in [6, 6.07) is 5.66. The summed E-state index contributed by atoms with van der Waals surface area (Å²) in [5.41, 5.74) is 1.53. The van der Waals surface area contributed by atoms with Crippen LogP contribution in [0.5, 0.6) is 5.75 Å². The van der Waals surface area contributed by atoms with E-state index in [4.69, 9.17) is 4.74 Å². The lowest BCUT2D eigenvalue weighted by atomic mass is 9.89. The van der Waals surface area contributed by atoms with Crippen LogP contribution in [-0.2, 0) is 19.6 Å². The number of nitrogens with zero attached hydrogens (tertiary/aromatic N) is 1. The van der Waals surface area contributed by atoms with Crippen molar-refractivity contribution in [3.8, 4) is 5.75 Å². The standard InChI is InChI=1S/C20H31NO5S/c1-6-27(23,24)21(12-8-7-9-19(22)25-5)17-14-20(3,4)26-18-13-15(2)10-11-16(17)18/h10-11,13,17H,6-9,12,14H2,1-5H3. The summed E-state index contributed by atoms with van der Waals surface area (Å²) in [6.45, 7) is 8.00. The molecule has 0 spiro atoms. The summed E-state index contributed by atoms with van der Waals surface area (Å²) in [7, 11) is -2.05. The maximum absolute atomic E-state index is 12.9. The van der Waals surface area contributed by atoms with Crippen molar-refractivity contribution in [3.05, 3.63) is 29.3 Å². The average molecular weight is 398 g/mol. The minimum atomic E-state index is -3.41. The summed E-state index contributed by atoms with van der Waals surface area (Å²) in [4.78, 5) is 11.3. The Bertz CT molecular complexity index is 773. The molecule has 0 radical (unpaired) electrons. The fourth-order valence-electron chi connectivity index (χ4n) is 3.47. The van der Waals surface area contributed by atoms with Gasteiger partial charge in [0, 0.05) is 24.9 Å². The van der Waals surface area contributed by atoms with Gasteiger partial charge in [-0.2, -0.15) is 4.31 Å². The molecule has 2 rings (SSSR count). The monoisotopic (exact) mass is 397 g/mol. The molecule has 0 bridgehead atoms. The maximum atomic E-state index is 12.9. The van der Waals surface area contributed by atoms with Crippen molar-refractivity contribution in [1.29, 1.82) is 0 Å². The van der Waals surface area contributed by atoms with Gasteiger partial charge in [0.2, 0.25) is 10.0 Å². The van der Waals surface area contributed by atoms with Gasteiger partial charge < -0.3 is 9.47 Å². The Balaban J connectivity index is 2.30. The van der Waals surface area contributed by atoms with Crippen LogP contribution in [0.4, 0.5) is 0 Å². The first kappa shape index (κ1) is 21.7. The van der Waals surface area contributed by atoms with E-state index in [1.54, 1.807) is 11.2 Å². The van der Waals surface area contributed by atoms with Crippen LogP contribution < -0.4 is 4.74 Å². The second-order valence-electron chi connectivity index (χ2n) is 7.67. The van der Waals surface area contributed by atoms with Gasteiger partial charge >= 0.3 is 5.97 Å². The van der Waals surface area contributed by atoms with Crippen molar-refractivity contribution < 1.29 is 22.7 Å². The third-order valence-corrected chi connectivity index (χ3v) is 6.79. The Morgan fingerprint density at radius 3 is 2.67 bits per heavy atom. The van der Waals surface area contributed by atoms with E-state index in [0.717, 1.165) is 16.9 Å². The fraction of sp³-hybridized carbons (Fsp3) is 0.650. The number of rotatable bonds is 8. The number of ether oxygens (including phenoxy) is 2. The summed E-state index contributed by atoms with van der Waals surface area (Å²) < 4.78 is 38.1. The van der Waals surface area contributed by atoms with E-state index < -0.39 is 15.6 Å². The zero-order valence-electron chi connectivity index (χ0n) is 16.9. The van der Waals surface area contributed by atoms with E-state index in [1.807, 2.05) is 39.0 Å². The van der Waals surface area contributed by atoms with Crippen molar-refractivity contribution in [2.24, 2.45) is 0 Å². The topological polar surface area (TPSA) is 72.9 Å². The highest BCUT2D eigenvalue weighted by Crippen LogP contribution is 2.44. The Labute approximate surface area is 162 Å². The summed E-state index contributed by atoms with van der Waals surface area (Å²) >= 11 is 0. The van der Waals surface area contributed by atoms with Gasteiger partial charge in [-0.15, -0.1) is 0 Å². The number of carbonyl (C=O) groups is 1. The Morgan fingerprint density at radius 2 is 2.04 bits per heavy atom. The number of aryl methyl sites for hydroxylation is 1. The number of methoxy groups -OCH3 is 1. The van der Waals surface area contributed by atoms with Gasteiger partial charge in [-0.05, 0) is 52.2 Å². The first-order valence-corrected chi connectivity index (χ1v) is 11.1. The molecule has 6 nitrogen and oxygen atoms in total. The molecule has 1 aromatic carbocycles. The highest BCUT2D eigenvalue weighted by Gasteiger charge is 2.40. The largest absolute Gasteiger partial charge is 0.487 e. The third kappa shape index (κ3) is 5.45. The average Bonchev–Trinajstić information content (AvgIpc) is 2.59. The summed E-state index contributed by atoms with van der Waals surface area (Å²) in [6.07, 6.45) is 2.08. The molecule has 1 aromatic rings. The Morgan fingerprint density at radius 1 is 1.33 bits per heavy atom. The van der Waals surface area contributed by atoms with E-state index in [0.29, 0.717) is 32.2 Å². The van der Waals surface area contributed by atoms with Crippen molar-refractivity contribution in [1.82, 2.24) is 4.31 Å². The maximum Gasteiger partial charge on any atom is 0.305 e. The second-order valence-corrected chi connectivity index (χ2v) is 9.88. The number of carbonyl (C=O) groups excluding carboxylic acids is 1. The zero-order chi connectivity index (χ0) is 20.2. The number of benzene rings is 1. The van der Waals surface area contributed by atoms with Gasteiger partial charge in [0.1, 0.15) is 11.4 Å². The molecule has 1 unspecified atom stereocenters. The minimum absolute atomic E-state index is 0.0446. The van der Waals surface area contributed by atoms with Crippen LogP contribution in [0.15, 0.2) is 18.2 Å². The van der Waals surface area contributed by atoms with Crippen molar-refractivity contribution >= 4 is 16.0 Å². The van der Waals surface area contributed by atoms with E-state index in [-0.39, 0.29) is 17.8 Å². The third-order valence-electron chi connectivity index (χ3n) is 4.91. The minimum Gasteiger partial charge on any atom is -0.487 e. The van der Waals surface area contributed by atoms with Gasteiger partial charge in [-0.25, -0.2) is 8.42 Å². The van der Waals surface area contributed by atoms with Crippen LogP contribution in [0, 0.1) is 6.92 Å². The van der Waals surface area contributed by atoms with Crippen LogP contribution in [0.1, 0.15) is 63.6 Å². The predicted molar refractivity (Wildman–Crippen MR) is 105 cm³/mol. The Hall–Kier alpha value is -1.60. The lowest BCUT2D eigenvalue weighted by Gasteiger charge is -2.42. The summed E-state index contributed by atoms with van der Waals surface area (Å²) in [5, 5.41) is 0. The molecule has 27 heavy (non-hydrogen) atoms. The van der Waals surface area contributed by atoms with Crippen molar-refractivity contribution in [3.63, 3.8) is 0 Å². The first-order chi connectivity index (χ1) is 12.6. The molecule has 7 heteroatoms. The van der Waals surface area contributed by atoms with Gasteiger partial charge in [0.15, 0.2) is 0 Å². The first-order valence-electron chi connectivity index (χ1n) is 9.45. The van der Waals surface area contributed by atoms with Crippen LogP contribution in [0.3, 0.4) is 0 Å². The fourth-order valence-corrected chi connectivity index (χ4v) is 4.79. The lowest BCUT2D eigenvalue weighted by Crippen LogP contribution is -2.44. The molecule has 1 aliphatic rings. The molecule has 0 aliphatic carbocycles. The molecule has 1 atom stereocenters. The number of hydrogen-bond donors (Lipinski definition) is 0. The van der Waals surface area contributed by atoms with Crippen LogP contribution in [0.25, 0.3) is 0 Å². The molecular weight excluding hydrogens is 366 g/mol. The normalized spacial score (nSPS) is 18.7. The molecule has 0 N–H and O–H groups in total. The van der Waals surface area contributed by atoms with Gasteiger partial charge in [0.05, 0.1) is 18.9 Å². The van der Waals surface area contributed by atoms with Crippen LogP contribution >= 0.6 is 0 Å². The molecule has 152 valence electrons. The zero-order valence-corrected chi connectivity index (χ0v) is 17.8. The van der Waals surface area contributed by atoms with Crippen molar-refractivity contribution in [2.45, 2.75) is 65.0 Å². The highest BCUT2D eigenvalue weighted by molar-refractivity contribution is 7.89. The molecule has 0 fully saturated rings. The van der Waals surface area contributed by atoms with E-state index in [1.165, 1.54) is 7.11 Å². The lowest BCUT2D eigenvalue weighted by molar-refractivity contribution is -0.140.